The molecule has 0 bridgehead atoms. The molecule has 1 heterocycles. The van der Waals surface area contributed by atoms with Crippen LogP contribution in [0.5, 0.6) is 0 Å². The van der Waals surface area contributed by atoms with Gasteiger partial charge < -0.3 is 11.2 Å². The fourth-order valence-corrected chi connectivity index (χ4v) is 6.86. The molecule has 0 radical (unpaired) electrons. The zero-order valence-corrected chi connectivity index (χ0v) is 24.3. The van der Waals surface area contributed by atoms with Crippen molar-refractivity contribution >= 4 is 34.8 Å². The van der Waals surface area contributed by atoms with Crippen LogP contribution in [0.25, 0.3) is 11.1 Å². The number of carbonyl (C=O) groups excluding carboxylic acids is 1. The molecule has 0 spiro atoms. The van der Waals surface area contributed by atoms with Gasteiger partial charge in [0.05, 0.1) is 11.4 Å². The number of nitrogens with one attached hydrogen (secondary N) is 2. The summed E-state index contributed by atoms with van der Waals surface area (Å²) in [6, 6.07) is 17.4. The molecule has 1 aromatic heterocycles. The molecule has 0 saturated heterocycles. The lowest BCUT2D eigenvalue weighted by atomic mass is 9.85. The van der Waals surface area contributed by atoms with Gasteiger partial charge in [-0.2, -0.15) is 5.10 Å². The summed E-state index contributed by atoms with van der Waals surface area (Å²) in [6.45, 7) is 15.5. The average molecular weight is 536 g/mol. The minimum atomic E-state index is -0.220. The highest BCUT2D eigenvalue weighted by atomic mass is 32.2. The second kappa shape index (κ2) is 12.0. The van der Waals surface area contributed by atoms with E-state index in [0.29, 0.717) is 10.8 Å². The van der Waals surface area contributed by atoms with Crippen molar-refractivity contribution in [3.63, 3.8) is 0 Å². The van der Waals surface area contributed by atoms with Crippen LogP contribution in [0.1, 0.15) is 71.1 Å². The predicted molar refractivity (Wildman–Crippen MR) is 157 cm³/mol. The zero-order valence-electron chi connectivity index (χ0n) is 22.7. The number of carbonyl (C=O) groups is 1. The number of nitrogens with two attached hydrogens (primary N) is 1. The van der Waals surface area contributed by atoms with Gasteiger partial charge in [0.15, 0.2) is 5.84 Å². The SMILES string of the molecule is Cc1cc(SC(c2ccc(C(=O)NC/C(N=N)=N/N)s2)C(C)C)cc(C)c1-c1ccc(C(C)(C)C)cc1. The van der Waals surface area contributed by atoms with Crippen molar-refractivity contribution in [1.82, 2.24) is 5.32 Å². The van der Waals surface area contributed by atoms with Crippen molar-refractivity contribution in [2.75, 3.05) is 6.54 Å². The van der Waals surface area contributed by atoms with Crippen LogP contribution < -0.4 is 11.2 Å². The predicted octanol–water partition coefficient (Wildman–Crippen LogP) is 7.85. The lowest BCUT2D eigenvalue weighted by Gasteiger charge is -2.22. The van der Waals surface area contributed by atoms with Crippen LogP contribution in [-0.4, -0.2) is 18.3 Å². The number of hydrogen-bond donors (Lipinski definition) is 3. The number of amides is 1. The van der Waals surface area contributed by atoms with E-state index in [1.807, 2.05) is 23.9 Å². The van der Waals surface area contributed by atoms with Crippen molar-refractivity contribution < 1.29 is 4.79 Å². The van der Waals surface area contributed by atoms with Gasteiger partial charge in [0.25, 0.3) is 5.91 Å². The highest BCUT2D eigenvalue weighted by molar-refractivity contribution is 7.99. The number of nitrogens with zero attached hydrogens (tertiary/aromatic N) is 2. The molecule has 1 amide bonds. The maximum atomic E-state index is 12.6. The Kier molecular flexibility index (Phi) is 9.31. The zero-order chi connectivity index (χ0) is 27.3. The van der Waals surface area contributed by atoms with E-state index in [4.69, 9.17) is 11.4 Å². The quantitative estimate of drug-likeness (QED) is 0.0683. The standard InChI is InChI=1S/C29H37N5OS2/c1-17(2)27(23-12-13-24(37-23)28(35)32-16-25(33-30)34-31)36-22-14-18(3)26(19(4)15-22)20-8-10-21(11-9-20)29(5,6)7/h8-15,17,27,30H,16,31H2,1-7H3,(H,32,35)/b33-30?,34-25-. The highest BCUT2D eigenvalue weighted by Gasteiger charge is 2.22. The van der Waals surface area contributed by atoms with Gasteiger partial charge in [-0.05, 0) is 77.3 Å². The Labute approximate surface area is 228 Å². The van der Waals surface area contributed by atoms with Crippen molar-refractivity contribution in [2.24, 2.45) is 22.0 Å². The number of aryl methyl sites for hydroxylation is 2. The number of benzene rings is 2. The Morgan fingerprint density at radius 3 is 2.22 bits per heavy atom. The van der Waals surface area contributed by atoms with Gasteiger partial charge in [0.1, 0.15) is 0 Å². The number of amidine groups is 1. The summed E-state index contributed by atoms with van der Waals surface area (Å²) >= 11 is 3.34. The molecule has 4 N–H and O–H groups in total. The van der Waals surface area contributed by atoms with Crippen molar-refractivity contribution in [3.05, 3.63) is 75.0 Å². The third-order valence-corrected chi connectivity index (χ3v) is 9.11. The summed E-state index contributed by atoms with van der Waals surface area (Å²) in [5.41, 5.74) is 13.5. The highest BCUT2D eigenvalue weighted by Crippen LogP contribution is 2.45. The second-order valence-corrected chi connectivity index (χ2v) is 12.9. The Bertz CT molecular complexity index is 1260. The summed E-state index contributed by atoms with van der Waals surface area (Å²) in [5.74, 6) is 5.39. The Morgan fingerprint density at radius 2 is 1.70 bits per heavy atom. The van der Waals surface area contributed by atoms with Gasteiger partial charge in [-0.15, -0.1) is 28.2 Å². The van der Waals surface area contributed by atoms with Crippen LogP contribution in [0.2, 0.25) is 0 Å². The molecular formula is C29H37N5OS2. The fraction of sp³-hybridized carbons (Fsp3) is 0.379. The summed E-state index contributed by atoms with van der Waals surface area (Å²) in [7, 11) is 0. The van der Waals surface area contributed by atoms with Gasteiger partial charge in [-0.3, -0.25) is 4.79 Å². The first-order valence-electron chi connectivity index (χ1n) is 12.4. The Balaban J connectivity index is 1.81. The van der Waals surface area contributed by atoms with E-state index >= 15 is 0 Å². The maximum Gasteiger partial charge on any atom is 0.261 e. The summed E-state index contributed by atoms with van der Waals surface area (Å²) in [5, 5.41) is 9.50. The third kappa shape index (κ3) is 7.08. The normalized spacial score (nSPS) is 13.0. The Hall–Kier alpha value is -2.97. The molecule has 0 fully saturated rings. The van der Waals surface area contributed by atoms with Crippen molar-refractivity contribution in [2.45, 2.75) is 64.0 Å². The number of thioether (sulfide) groups is 1. The van der Waals surface area contributed by atoms with E-state index in [1.54, 1.807) is 0 Å². The van der Waals surface area contributed by atoms with E-state index in [2.05, 4.69) is 100 Å². The smallest absolute Gasteiger partial charge is 0.261 e. The van der Waals surface area contributed by atoms with Gasteiger partial charge in [0, 0.05) is 15.0 Å². The molecule has 6 nitrogen and oxygen atoms in total. The minimum absolute atomic E-state index is 0.0261. The first-order valence-corrected chi connectivity index (χ1v) is 14.0. The van der Waals surface area contributed by atoms with Crippen LogP contribution in [-0.2, 0) is 5.41 Å². The van der Waals surface area contributed by atoms with Crippen LogP contribution >= 0.6 is 23.1 Å². The topological polar surface area (TPSA) is 104 Å². The molecule has 0 aliphatic rings. The summed E-state index contributed by atoms with van der Waals surface area (Å²) in [4.78, 5) is 15.6. The molecule has 0 aliphatic heterocycles. The monoisotopic (exact) mass is 535 g/mol. The van der Waals surface area contributed by atoms with Gasteiger partial charge in [-0.1, -0.05) is 58.9 Å². The van der Waals surface area contributed by atoms with E-state index in [9.17, 15) is 4.79 Å². The molecule has 37 heavy (non-hydrogen) atoms. The number of hydrogen-bond acceptors (Lipinski definition) is 6. The number of rotatable bonds is 8. The van der Waals surface area contributed by atoms with E-state index in [1.165, 1.54) is 44.0 Å². The van der Waals surface area contributed by atoms with Crippen LogP contribution in [0.3, 0.4) is 0 Å². The van der Waals surface area contributed by atoms with E-state index in [0.717, 1.165) is 4.88 Å². The molecule has 1 atom stereocenters. The molecular weight excluding hydrogens is 498 g/mol. The van der Waals surface area contributed by atoms with Gasteiger partial charge in [-0.25, -0.2) is 5.53 Å². The third-order valence-electron chi connectivity index (χ3n) is 6.23. The molecule has 0 saturated carbocycles. The number of hydrazone groups is 1. The number of thiophene rings is 1. The fourth-order valence-electron chi connectivity index (χ4n) is 4.24. The molecule has 0 aliphatic carbocycles. The molecule has 2 aromatic carbocycles. The average Bonchev–Trinajstić information content (AvgIpc) is 3.32. The molecule has 1 unspecified atom stereocenters. The van der Waals surface area contributed by atoms with E-state index in [-0.39, 0.29) is 29.0 Å². The van der Waals surface area contributed by atoms with Gasteiger partial charge >= 0.3 is 0 Å². The first kappa shape index (κ1) is 28.6. The van der Waals surface area contributed by atoms with E-state index < -0.39 is 0 Å². The van der Waals surface area contributed by atoms with Gasteiger partial charge in [0.2, 0.25) is 0 Å². The lowest BCUT2D eigenvalue weighted by Crippen LogP contribution is -2.28. The largest absolute Gasteiger partial charge is 0.344 e. The molecule has 3 rings (SSSR count). The maximum absolute atomic E-state index is 12.6. The lowest BCUT2D eigenvalue weighted by molar-refractivity contribution is 0.0963. The summed E-state index contributed by atoms with van der Waals surface area (Å²) < 4.78 is 0. The Morgan fingerprint density at radius 1 is 1.08 bits per heavy atom. The van der Waals surface area contributed by atoms with Crippen LogP contribution in [0, 0.1) is 25.3 Å². The molecule has 3 aromatic rings. The molecule has 8 heteroatoms. The molecule has 196 valence electrons. The van der Waals surface area contributed by atoms with Crippen LogP contribution in [0.15, 0.2) is 63.6 Å². The van der Waals surface area contributed by atoms with Crippen molar-refractivity contribution in [3.8, 4) is 11.1 Å². The second-order valence-electron chi connectivity index (χ2n) is 10.6. The van der Waals surface area contributed by atoms with Crippen molar-refractivity contribution in [1.29, 1.82) is 5.53 Å². The minimum Gasteiger partial charge on any atom is -0.344 e. The summed E-state index contributed by atoms with van der Waals surface area (Å²) in [6.07, 6.45) is 0. The van der Waals surface area contributed by atoms with Crippen LogP contribution in [0.4, 0.5) is 0 Å². The first-order chi connectivity index (χ1) is 17.4.